The van der Waals surface area contributed by atoms with E-state index < -0.39 is 6.10 Å². The van der Waals surface area contributed by atoms with E-state index in [1.54, 1.807) is 0 Å². The van der Waals surface area contributed by atoms with E-state index in [9.17, 15) is 14.4 Å². The zero-order valence-electron chi connectivity index (χ0n) is 42.2. The minimum atomic E-state index is -0.760. The number of ether oxygens (including phenoxy) is 3. The van der Waals surface area contributed by atoms with Gasteiger partial charge in [0.2, 0.25) is 0 Å². The van der Waals surface area contributed by atoms with Gasteiger partial charge in [0.05, 0.1) is 0 Å². The molecule has 0 fully saturated rings. The summed E-state index contributed by atoms with van der Waals surface area (Å²) < 4.78 is 16.8. The predicted molar refractivity (Wildman–Crippen MR) is 266 cm³/mol. The van der Waals surface area contributed by atoms with Crippen molar-refractivity contribution < 1.29 is 28.6 Å². The highest BCUT2D eigenvalue weighted by molar-refractivity contribution is 5.71. The minimum Gasteiger partial charge on any atom is -0.462 e. The lowest BCUT2D eigenvalue weighted by atomic mass is 10.0. The molecule has 6 nitrogen and oxygen atoms in total. The Kier molecular flexibility index (Phi) is 50.7. The Hall–Kier alpha value is -1.59. The van der Waals surface area contributed by atoms with Gasteiger partial charge in [0, 0.05) is 19.3 Å². The van der Waals surface area contributed by atoms with Crippen molar-refractivity contribution in [1.29, 1.82) is 0 Å². The lowest BCUT2D eigenvalue weighted by Gasteiger charge is -2.18. The van der Waals surface area contributed by atoms with Crippen LogP contribution in [0, 0.1) is 0 Å². The fourth-order valence-electron chi connectivity index (χ4n) is 8.62. The Bertz CT molecular complexity index is 920. The number of rotatable bonds is 52. The summed E-state index contributed by atoms with van der Waals surface area (Å²) in [6, 6.07) is 0. The maximum Gasteiger partial charge on any atom is 0.306 e. The molecule has 1 atom stereocenters. The molecule has 0 bridgehead atoms. The van der Waals surface area contributed by atoms with E-state index in [0.29, 0.717) is 19.3 Å². The second-order valence-corrected chi connectivity index (χ2v) is 19.2. The van der Waals surface area contributed by atoms with Gasteiger partial charge >= 0.3 is 17.9 Å². The molecule has 0 aliphatic rings. The predicted octanol–water partition coefficient (Wildman–Crippen LogP) is 18.4. The molecule has 0 amide bonds. The monoisotopic (exact) mass is 877 g/mol. The van der Waals surface area contributed by atoms with Gasteiger partial charge in [-0.2, -0.15) is 0 Å². The van der Waals surface area contributed by atoms with Crippen LogP contribution in [0.25, 0.3) is 0 Å². The summed E-state index contributed by atoms with van der Waals surface area (Å²) in [4.78, 5) is 38.0. The molecule has 6 heteroatoms. The van der Waals surface area contributed by atoms with Crippen LogP contribution in [0.1, 0.15) is 323 Å². The first-order valence-electron chi connectivity index (χ1n) is 28.0. The molecule has 0 saturated heterocycles. The third kappa shape index (κ3) is 49.4. The molecule has 0 saturated carbocycles. The van der Waals surface area contributed by atoms with Crippen molar-refractivity contribution in [3.63, 3.8) is 0 Å². The van der Waals surface area contributed by atoms with E-state index in [4.69, 9.17) is 14.2 Å². The Balaban J connectivity index is 4.24. The Morgan fingerprint density at radius 3 is 0.645 bits per heavy atom. The van der Waals surface area contributed by atoms with Gasteiger partial charge in [-0.15, -0.1) is 0 Å². The third-order valence-electron chi connectivity index (χ3n) is 12.9. The van der Waals surface area contributed by atoms with Crippen molar-refractivity contribution in [2.45, 2.75) is 329 Å². The maximum atomic E-state index is 12.8. The van der Waals surface area contributed by atoms with Crippen LogP contribution in [0.2, 0.25) is 0 Å². The van der Waals surface area contributed by atoms with Gasteiger partial charge in [0.1, 0.15) is 13.2 Å². The van der Waals surface area contributed by atoms with Crippen molar-refractivity contribution in [3.8, 4) is 0 Å². The van der Waals surface area contributed by atoms with Gasteiger partial charge in [0.15, 0.2) is 6.10 Å². The lowest BCUT2D eigenvalue weighted by molar-refractivity contribution is -0.167. The zero-order valence-corrected chi connectivity index (χ0v) is 42.2. The first-order chi connectivity index (χ1) is 30.5. The van der Waals surface area contributed by atoms with E-state index in [0.717, 1.165) is 57.8 Å². The van der Waals surface area contributed by atoms with Crippen LogP contribution in [-0.2, 0) is 28.6 Å². The van der Waals surface area contributed by atoms with Crippen molar-refractivity contribution in [2.75, 3.05) is 13.2 Å². The van der Waals surface area contributed by atoms with Gasteiger partial charge in [-0.25, -0.2) is 0 Å². The van der Waals surface area contributed by atoms with Crippen LogP contribution in [0.4, 0.5) is 0 Å². The van der Waals surface area contributed by atoms with E-state index in [2.05, 4.69) is 20.8 Å². The molecule has 368 valence electrons. The first kappa shape index (κ1) is 60.4. The highest BCUT2D eigenvalue weighted by atomic mass is 16.6. The summed E-state index contributed by atoms with van der Waals surface area (Å²) in [5.74, 6) is -0.836. The summed E-state index contributed by atoms with van der Waals surface area (Å²) in [5.41, 5.74) is 0. The van der Waals surface area contributed by atoms with Crippen LogP contribution in [0.5, 0.6) is 0 Å². The first-order valence-corrected chi connectivity index (χ1v) is 28.0. The molecule has 0 aromatic heterocycles. The molecule has 0 aliphatic heterocycles. The molecule has 0 rings (SSSR count). The molecule has 0 aromatic rings. The van der Waals surface area contributed by atoms with Crippen molar-refractivity contribution in [2.24, 2.45) is 0 Å². The van der Waals surface area contributed by atoms with Gasteiger partial charge in [-0.3, -0.25) is 14.4 Å². The van der Waals surface area contributed by atoms with E-state index >= 15 is 0 Å². The summed E-state index contributed by atoms with van der Waals surface area (Å²) in [5, 5.41) is 0. The number of esters is 3. The molecule has 0 spiro atoms. The standard InChI is InChI=1S/C56H108O6/c1-4-7-10-13-16-19-22-24-26-27-28-30-32-35-37-40-43-46-49-55(58)61-52-53(62-56(59)50-47-44-41-38-33-21-18-15-12-9-6-3)51-60-54(57)48-45-42-39-36-34-31-29-25-23-20-17-14-11-8-5-2/h53H,4-52H2,1-3H3/t53-/m1/s1. The Morgan fingerprint density at radius 2 is 0.435 bits per heavy atom. The normalized spacial score (nSPS) is 11.9. The van der Waals surface area contributed by atoms with Gasteiger partial charge < -0.3 is 14.2 Å². The van der Waals surface area contributed by atoms with Crippen molar-refractivity contribution >= 4 is 17.9 Å². The number of carbonyl (C=O) groups is 3. The SMILES string of the molecule is CCCCCCCCCCCCCCCCCCCCC(=O)OC[C@@H](COC(=O)CCCCCCCCCCCCCCCCC)OC(=O)CCCCCCCCCCCCC. The summed E-state index contributed by atoms with van der Waals surface area (Å²) in [6.45, 7) is 6.69. The summed E-state index contributed by atoms with van der Waals surface area (Å²) in [7, 11) is 0. The topological polar surface area (TPSA) is 78.9 Å². The molecule has 0 aliphatic carbocycles. The van der Waals surface area contributed by atoms with Crippen LogP contribution >= 0.6 is 0 Å². The minimum absolute atomic E-state index is 0.0614. The maximum absolute atomic E-state index is 12.8. The van der Waals surface area contributed by atoms with Crippen LogP contribution in [0.3, 0.4) is 0 Å². The Labute approximate surface area is 387 Å². The molecule has 0 unspecified atom stereocenters. The second-order valence-electron chi connectivity index (χ2n) is 19.2. The fraction of sp³-hybridized carbons (Fsp3) is 0.946. The Morgan fingerprint density at radius 1 is 0.258 bits per heavy atom. The lowest BCUT2D eigenvalue weighted by Crippen LogP contribution is -2.30. The van der Waals surface area contributed by atoms with E-state index in [1.165, 1.54) is 225 Å². The van der Waals surface area contributed by atoms with Crippen LogP contribution < -0.4 is 0 Å². The smallest absolute Gasteiger partial charge is 0.306 e. The average Bonchev–Trinajstić information content (AvgIpc) is 3.27. The molecule has 0 aromatic carbocycles. The van der Waals surface area contributed by atoms with Gasteiger partial charge in [-0.1, -0.05) is 284 Å². The van der Waals surface area contributed by atoms with Gasteiger partial charge in [0.25, 0.3) is 0 Å². The van der Waals surface area contributed by atoms with Crippen molar-refractivity contribution in [3.05, 3.63) is 0 Å². The molecule has 0 N–H and O–H groups in total. The average molecular weight is 877 g/mol. The van der Waals surface area contributed by atoms with Crippen LogP contribution in [0.15, 0.2) is 0 Å². The number of unbranched alkanes of at least 4 members (excludes halogenated alkanes) is 41. The largest absolute Gasteiger partial charge is 0.462 e. The number of hydrogen-bond donors (Lipinski definition) is 0. The second kappa shape index (κ2) is 52.0. The summed E-state index contributed by atoms with van der Waals surface area (Å²) in [6.07, 6.45) is 56.6. The van der Waals surface area contributed by atoms with Crippen molar-refractivity contribution in [1.82, 2.24) is 0 Å². The molecule has 62 heavy (non-hydrogen) atoms. The number of hydrogen-bond acceptors (Lipinski definition) is 6. The highest BCUT2D eigenvalue weighted by Crippen LogP contribution is 2.17. The van der Waals surface area contributed by atoms with Crippen LogP contribution in [-0.4, -0.2) is 37.2 Å². The quantitative estimate of drug-likeness (QED) is 0.0344. The number of carbonyl (C=O) groups excluding carboxylic acids is 3. The highest BCUT2D eigenvalue weighted by Gasteiger charge is 2.19. The van der Waals surface area contributed by atoms with E-state index in [-0.39, 0.29) is 31.1 Å². The fourth-order valence-corrected chi connectivity index (χ4v) is 8.62. The molecular formula is C56H108O6. The van der Waals surface area contributed by atoms with Gasteiger partial charge in [-0.05, 0) is 19.3 Å². The molecule has 0 heterocycles. The van der Waals surface area contributed by atoms with E-state index in [1.807, 2.05) is 0 Å². The summed E-state index contributed by atoms with van der Waals surface area (Å²) >= 11 is 0. The molecule has 0 radical (unpaired) electrons. The molecular weight excluding hydrogens is 769 g/mol. The zero-order chi connectivity index (χ0) is 45.1. The third-order valence-corrected chi connectivity index (χ3v) is 12.9.